The van der Waals surface area contributed by atoms with E-state index >= 15 is 0 Å². The number of carbonyl (C=O) groups excluding carboxylic acids is 3. The molecule has 5 rings (SSSR count). The van der Waals surface area contributed by atoms with Gasteiger partial charge in [0, 0.05) is 18.8 Å². The predicted molar refractivity (Wildman–Crippen MR) is 198 cm³/mol. The molecule has 0 saturated heterocycles. The van der Waals surface area contributed by atoms with Gasteiger partial charge in [0.05, 0.1) is 18.4 Å². The molecule has 5 fully saturated rings. The van der Waals surface area contributed by atoms with Crippen LogP contribution in [0.25, 0.3) is 0 Å². The van der Waals surface area contributed by atoms with E-state index in [9.17, 15) is 24.3 Å². The molecule has 0 radical (unpaired) electrons. The Morgan fingerprint density at radius 2 is 1.54 bits per heavy atom. The number of ether oxygens (including phenoxy) is 4. The number of aliphatic carboxylic acids is 1. The highest BCUT2D eigenvalue weighted by molar-refractivity contribution is 5.81. The minimum absolute atomic E-state index is 0.0570. The summed E-state index contributed by atoms with van der Waals surface area (Å²) in [7, 11) is 0. The second-order valence-electron chi connectivity index (χ2n) is 19.6. The topological polar surface area (TPSA) is 125 Å². The van der Waals surface area contributed by atoms with Gasteiger partial charge < -0.3 is 24.1 Å². The highest BCUT2D eigenvalue weighted by Gasteiger charge is 2.71. The van der Waals surface area contributed by atoms with Crippen LogP contribution in [0.4, 0.5) is 4.79 Å². The van der Waals surface area contributed by atoms with E-state index in [0.717, 1.165) is 57.8 Å². The molecule has 11 atom stereocenters. The third-order valence-corrected chi connectivity index (χ3v) is 16.3. The Balaban J connectivity index is 1.34. The summed E-state index contributed by atoms with van der Waals surface area (Å²) in [6.45, 7) is 25.6. The second kappa shape index (κ2) is 14.2. The first-order valence-electron chi connectivity index (χ1n) is 20.2. The molecule has 0 aromatic heterocycles. The Labute approximate surface area is 312 Å². The maximum atomic E-state index is 13.1. The van der Waals surface area contributed by atoms with Crippen molar-refractivity contribution >= 4 is 24.1 Å². The van der Waals surface area contributed by atoms with Crippen LogP contribution >= 0.6 is 0 Å². The van der Waals surface area contributed by atoms with Crippen molar-refractivity contribution in [2.45, 2.75) is 165 Å². The molecule has 52 heavy (non-hydrogen) atoms. The maximum Gasteiger partial charge on any atom is 0.511 e. The lowest BCUT2D eigenvalue weighted by molar-refractivity contribution is -0.250. The van der Waals surface area contributed by atoms with Crippen molar-refractivity contribution in [1.29, 1.82) is 0 Å². The Morgan fingerprint density at radius 3 is 2.17 bits per heavy atom. The Bertz CT molecular complexity index is 1420. The predicted octanol–water partition coefficient (Wildman–Crippen LogP) is 9.90. The first-order chi connectivity index (χ1) is 24.1. The highest BCUT2D eigenvalue weighted by atomic mass is 16.8. The van der Waals surface area contributed by atoms with E-state index in [4.69, 9.17) is 18.9 Å². The molecule has 0 heterocycles. The fraction of sp³-hybridized carbons (Fsp3) is 0.860. The van der Waals surface area contributed by atoms with Gasteiger partial charge in [0.2, 0.25) is 6.29 Å². The van der Waals surface area contributed by atoms with Crippen molar-refractivity contribution in [1.82, 2.24) is 0 Å². The minimum Gasteiger partial charge on any atom is -0.481 e. The molecule has 0 aromatic rings. The van der Waals surface area contributed by atoms with E-state index in [0.29, 0.717) is 36.0 Å². The number of carboxylic acid groups (broad SMARTS) is 1. The molecule has 0 bridgehead atoms. The average Bonchev–Trinajstić information content (AvgIpc) is 3.42. The first kappa shape index (κ1) is 40.6. The number of rotatable bonds is 11. The molecular weight excluding hydrogens is 660 g/mol. The maximum absolute atomic E-state index is 13.1. The molecular formula is C43H68O9. The SMILES string of the molecule is C=C(C)[C@@H]1CC[C@]2(CCC(=O)OC(C)OC(=O)OCC)CC[C@]3(C)[C@H](CC[C@@H]4[C@@]5(C)CC[C@H](OC(=O)CC(C)(C)C(=O)O)C(C)(C)[C@@H]5CC[C@]43C)[C@@H]12. The quantitative estimate of drug-likeness (QED) is 0.0958. The van der Waals surface area contributed by atoms with E-state index in [1.54, 1.807) is 27.7 Å². The van der Waals surface area contributed by atoms with E-state index in [2.05, 4.69) is 48.1 Å². The number of carbonyl (C=O) groups is 4. The molecule has 1 unspecified atom stereocenters. The lowest BCUT2D eigenvalue weighted by Crippen LogP contribution is -2.66. The number of esters is 2. The van der Waals surface area contributed by atoms with Crippen molar-refractivity contribution in [3.8, 4) is 0 Å². The standard InChI is InChI=1S/C43H68O9/c1-12-49-37(48)51-27(4)50-33(44)18-22-43-21-15-28(26(2)3)35(43)29-13-14-31-40(9)19-17-32(52-34(45)25-38(5,6)36(46)47)39(7,8)30(40)16-20-42(31,11)41(29,10)23-24-43/h27-32,35H,2,12-25H2,1,3-11H3,(H,46,47)/t27?,28-,29+,30-,31+,32-,35+,40-,41+,42+,43-/m0/s1. The molecule has 0 aliphatic heterocycles. The summed E-state index contributed by atoms with van der Waals surface area (Å²) < 4.78 is 21.6. The van der Waals surface area contributed by atoms with E-state index in [1.807, 2.05) is 0 Å². The Hall–Kier alpha value is -2.58. The van der Waals surface area contributed by atoms with Gasteiger partial charge >= 0.3 is 24.1 Å². The van der Waals surface area contributed by atoms with Crippen molar-refractivity contribution in [2.24, 2.45) is 62.1 Å². The highest BCUT2D eigenvalue weighted by Crippen LogP contribution is 2.78. The van der Waals surface area contributed by atoms with Gasteiger partial charge in [0.15, 0.2) is 0 Å². The molecule has 0 amide bonds. The van der Waals surface area contributed by atoms with Gasteiger partial charge in [-0.05, 0) is 150 Å². The molecule has 294 valence electrons. The van der Waals surface area contributed by atoms with Crippen LogP contribution in [-0.4, -0.2) is 48.2 Å². The van der Waals surface area contributed by atoms with Crippen LogP contribution in [0.15, 0.2) is 12.2 Å². The second-order valence-corrected chi connectivity index (χ2v) is 19.6. The van der Waals surface area contributed by atoms with Crippen LogP contribution in [0.1, 0.15) is 153 Å². The Morgan fingerprint density at radius 1 is 0.846 bits per heavy atom. The van der Waals surface area contributed by atoms with Gasteiger partial charge in [-0.3, -0.25) is 14.4 Å². The third-order valence-electron chi connectivity index (χ3n) is 16.3. The summed E-state index contributed by atoms with van der Waals surface area (Å²) >= 11 is 0. The van der Waals surface area contributed by atoms with Crippen molar-refractivity contribution in [3.05, 3.63) is 12.2 Å². The van der Waals surface area contributed by atoms with Crippen LogP contribution in [0.2, 0.25) is 0 Å². The van der Waals surface area contributed by atoms with Crippen molar-refractivity contribution in [3.63, 3.8) is 0 Å². The number of fused-ring (bicyclic) bond motifs is 7. The number of carboxylic acids is 1. The summed E-state index contributed by atoms with van der Waals surface area (Å²) in [4.78, 5) is 49.6. The van der Waals surface area contributed by atoms with Gasteiger partial charge in [-0.1, -0.05) is 46.8 Å². The molecule has 0 spiro atoms. The van der Waals surface area contributed by atoms with Crippen molar-refractivity contribution < 1.29 is 43.2 Å². The fourth-order valence-electron chi connectivity index (χ4n) is 13.4. The number of hydrogen-bond donors (Lipinski definition) is 1. The normalized spacial score (nSPS) is 39.7. The zero-order chi connectivity index (χ0) is 38.7. The number of allylic oxidation sites excluding steroid dienone is 1. The van der Waals surface area contributed by atoms with Gasteiger partial charge in [-0.25, -0.2) is 4.79 Å². The molecule has 9 heteroatoms. The summed E-state index contributed by atoms with van der Waals surface area (Å²) in [5.74, 6) is 0.655. The lowest BCUT2D eigenvalue weighted by atomic mass is 9.32. The molecule has 5 saturated carbocycles. The van der Waals surface area contributed by atoms with Crippen LogP contribution in [0, 0.1) is 62.1 Å². The van der Waals surface area contributed by atoms with Crippen LogP contribution in [0.3, 0.4) is 0 Å². The molecule has 1 N–H and O–H groups in total. The van der Waals surface area contributed by atoms with Crippen LogP contribution in [-0.2, 0) is 33.3 Å². The number of hydrogen-bond acceptors (Lipinski definition) is 8. The minimum atomic E-state index is -1.16. The summed E-state index contributed by atoms with van der Waals surface area (Å²) in [5.41, 5.74) is 0.348. The van der Waals surface area contributed by atoms with Crippen molar-refractivity contribution in [2.75, 3.05) is 6.61 Å². The average molecular weight is 729 g/mol. The van der Waals surface area contributed by atoms with E-state index in [-0.39, 0.29) is 52.2 Å². The zero-order valence-corrected chi connectivity index (χ0v) is 33.9. The van der Waals surface area contributed by atoms with Gasteiger partial charge in [-0.2, -0.15) is 0 Å². The Kier molecular flexibility index (Phi) is 11.1. The van der Waals surface area contributed by atoms with Crippen LogP contribution in [0.5, 0.6) is 0 Å². The van der Waals surface area contributed by atoms with E-state index < -0.39 is 29.8 Å². The van der Waals surface area contributed by atoms with Gasteiger partial charge in [-0.15, -0.1) is 0 Å². The monoisotopic (exact) mass is 728 g/mol. The van der Waals surface area contributed by atoms with Gasteiger partial charge in [0.25, 0.3) is 0 Å². The van der Waals surface area contributed by atoms with Crippen LogP contribution < -0.4 is 0 Å². The molecule has 9 nitrogen and oxygen atoms in total. The summed E-state index contributed by atoms with van der Waals surface area (Å²) in [6, 6.07) is 0. The molecule has 5 aliphatic carbocycles. The molecule has 5 aliphatic rings. The van der Waals surface area contributed by atoms with E-state index in [1.165, 1.54) is 18.4 Å². The lowest BCUT2D eigenvalue weighted by Gasteiger charge is -2.73. The molecule has 0 aromatic carbocycles. The third kappa shape index (κ3) is 6.82. The van der Waals surface area contributed by atoms with Gasteiger partial charge in [0.1, 0.15) is 6.10 Å². The largest absolute Gasteiger partial charge is 0.511 e. The smallest absolute Gasteiger partial charge is 0.481 e. The fourth-order valence-corrected chi connectivity index (χ4v) is 13.4. The summed E-state index contributed by atoms with van der Waals surface area (Å²) in [5, 5.41) is 9.60. The zero-order valence-electron chi connectivity index (χ0n) is 33.9. The summed E-state index contributed by atoms with van der Waals surface area (Å²) in [6.07, 6.45) is 9.72. The first-order valence-corrected chi connectivity index (χ1v) is 20.2.